The lowest BCUT2D eigenvalue weighted by Gasteiger charge is -2.50. The van der Waals surface area contributed by atoms with E-state index in [1.165, 1.54) is 28.6 Å². The van der Waals surface area contributed by atoms with E-state index >= 15 is 0 Å². The molecule has 0 radical (unpaired) electrons. The van der Waals surface area contributed by atoms with E-state index in [1.807, 2.05) is 0 Å². The van der Waals surface area contributed by atoms with Gasteiger partial charge in [0.05, 0.1) is 17.0 Å². The lowest BCUT2D eigenvalue weighted by Crippen LogP contribution is -2.64. The fraction of sp³-hybridized carbons (Fsp3) is 0.478. The second-order valence-corrected chi connectivity index (χ2v) is 17.8. The van der Waals surface area contributed by atoms with Gasteiger partial charge >= 0.3 is 0 Å². The molecule has 1 aliphatic rings. The number of hydrogen-bond donors (Lipinski definition) is 0. The first-order valence-electron chi connectivity index (χ1n) is 10.7. The lowest BCUT2D eigenvalue weighted by molar-refractivity contribution is -0.0231. The molecule has 0 N–H and O–H groups in total. The SMILES string of the molecule is CC(C)(C)[Si](C)(C)OCC1(COc2ccc(F)c(F)c2)CN(S(=O)(=O)c2ccc(Cl)cc2Cl)C1. The summed E-state index contributed by atoms with van der Waals surface area (Å²) in [5, 5.41) is 0.340. The Bertz CT molecular complexity index is 1170. The molecule has 5 nitrogen and oxygen atoms in total. The second-order valence-electron chi connectivity index (χ2n) is 10.3. The minimum absolute atomic E-state index is 0.0287. The van der Waals surface area contributed by atoms with Crippen molar-refractivity contribution in [1.29, 1.82) is 0 Å². The van der Waals surface area contributed by atoms with Crippen LogP contribution >= 0.6 is 23.2 Å². The zero-order valence-corrected chi connectivity index (χ0v) is 23.1. The minimum Gasteiger partial charge on any atom is -0.493 e. The van der Waals surface area contributed by atoms with Crippen molar-refractivity contribution in [1.82, 2.24) is 4.31 Å². The molecule has 0 amide bonds. The van der Waals surface area contributed by atoms with E-state index < -0.39 is 35.4 Å². The molecule has 1 fully saturated rings. The van der Waals surface area contributed by atoms with Crippen molar-refractivity contribution < 1.29 is 26.4 Å². The lowest BCUT2D eigenvalue weighted by atomic mass is 9.83. The molecule has 0 aliphatic carbocycles. The molecule has 0 spiro atoms. The van der Waals surface area contributed by atoms with Gasteiger partial charge in [-0.25, -0.2) is 17.2 Å². The van der Waals surface area contributed by atoms with E-state index in [4.69, 9.17) is 32.4 Å². The van der Waals surface area contributed by atoms with Crippen LogP contribution in [0.5, 0.6) is 5.75 Å². The highest BCUT2D eigenvalue weighted by atomic mass is 35.5. The van der Waals surface area contributed by atoms with Crippen molar-refractivity contribution >= 4 is 41.5 Å². The summed E-state index contributed by atoms with van der Waals surface area (Å²) in [4.78, 5) is -0.0287. The summed E-state index contributed by atoms with van der Waals surface area (Å²) in [5.74, 6) is -1.82. The number of rotatable bonds is 8. The van der Waals surface area contributed by atoms with E-state index in [9.17, 15) is 17.2 Å². The molecule has 1 saturated heterocycles. The maximum absolute atomic E-state index is 13.6. The molecular formula is C23H29Cl2F2NO4SSi. The third-order valence-corrected chi connectivity index (χ3v) is 13.5. The molecular weight excluding hydrogens is 523 g/mol. The van der Waals surface area contributed by atoms with Gasteiger partial charge in [-0.15, -0.1) is 0 Å². The van der Waals surface area contributed by atoms with Crippen molar-refractivity contribution in [3.63, 3.8) is 0 Å². The first kappa shape index (κ1) is 27.4. The topological polar surface area (TPSA) is 55.8 Å². The quantitative estimate of drug-likeness (QED) is 0.358. The van der Waals surface area contributed by atoms with Gasteiger partial charge in [0.1, 0.15) is 10.6 Å². The molecule has 34 heavy (non-hydrogen) atoms. The van der Waals surface area contributed by atoms with Gasteiger partial charge in [-0.2, -0.15) is 4.31 Å². The number of nitrogens with zero attached hydrogens (tertiary/aromatic N) is 1. The second kappa shape index (κ2) is 9.67. The number of benzene rings is 2. The van der Waals surface area contributed by atoms with Gasteiger partial charge in [0, 0.05) is 30.8 Å². The number of hydrogen-bond acceptors (Lipinski definition) is 4. The predicted molar refractivity (Wildman–Crippen MR) is 133 cm³/mol. The molecule has 0 saturated carbocycles. The molecule has 1 heterocycles. The summed E-state index contributed by atoms with van der Waals surface area (Å²) in [7, 11) is -6.00. The van der Waals surface area contributed by atoms with E-state index in [2.05, 4.69) is 33.9 Å². The van der Waals surface area contributed by atoms with Crippen LogP contribution in [0.3, 0.4) is 0 Å². The van der Waals surface area contributed by atoms with Gasteiger partial charge in [0.15, 0.2) is 20.0 Å². The van der Waals surface area contributed by atoms with Crippen LogP contribution in [0.4, 0.5) is 8.78 Å². The largest absolute Gasteiger partial charge is 0.493 e. The monoisotopic (exact) mass is 551 g/mol. The third kappa shape index (κ3) is 5.76. The third-order valence-electron chi connectivity index (χ3n) is 6.52. The van der Waals surface area contributed by atoms with Crippen molar-refractivity contribution in [3.8, 4) is 5.75 Å². The van der Waals surface area contributed by atoms with E-state index in [1.54, 1.807) is 0 Å². The molecule has 0 bridgehead atoms. The van der Waals surface area contributed by atoms with Crippen LogP contribution in [-0.2, 0) is 14.4 Å². The Morgan fingerprint density at radius 3 is 2.24 bits per heavy atom. The summed E-state index contributed by atoms with van der Waals surface area (Å²) in [6, 6.07) is 7.53. The predicted octanol–water partition coefficient (Wildman–Crippen LogP) is 6.36. The van der Waals surface area contributed by atoms with Gasteiger partial charge in [-0.1, -0.05) is 44.0 Å². The molecule has 3 rings (SSSR count). The fourth-order valence-corrected chi connectivity index (χ4v) is 6.78. The van der Waals surface area contributed by atoms with Gasteiger partial charge < -0.3 is 9.16 Å². The van der Waals surface area contributed by atoms with Crippen LogP contribution in [0.2, 0.25) is 28.2 Å². The number of ether oxygens (including phenoxy) is 1. The number of sulfonamides is 1. The molecule has 1 aliphatic heterocycles. The Morgan fingerprint density at radius 1 is 1.03 bits per heavy atom. The summed E-state index contributed by atoms with van der Waals surface area (Å²) in [5.41, 5.74) is -0.660. The van der Waals surface area contributed by atoms with Crippen molar-refractivity contribution in [2.45, 2.75) is 43.8 Å². The highest BCUT2D eigenvalue weighted by molar-refractivity contribution is 7.89. The van der Waals surface area contributed by atoms with Crippen molar-refractivity contribution in [3.05, 3.63) is 58.1 Å². The van der Waals surface area contributed by atoms with Crippen LogP contribution < -0.4 is 4.74 Å². The van der Waals surface area contributed by atoms with Crippen LogP contribution in [0.1, 0.15) is 20.8 Å². The van der Waals surface area contributed by atoms with E-state index in [-0.39, 0.29) is 47.0 Å². The van der Waals surface area contributed by atoms with Crippen molar-refractivity contribution in [2.24, 2.45) is 5.41 Å². The highest BCUT2D eigenvalue weighted by Gasteiger charge is 2.51. The molecule has 0 atom stereocenters. The number of halogens is 4. The smallest absolute Gasteiger partial charge is 0.244 e. The maximum Gasteiger partial charge on any atom is 0.244 e. The average molecular weight is 553 g/mol. The Balaban J connectivity index is 1.81. The van der Waals surface area contributed by atoms with Gasteiger partial charge in [-0.05, 0) is 48.5 Å². The highest BCUT2D eigenvalue weighted by Crippen LogP contribution is 2.42. The molecule has 2 aromatic rings. The summed E-state index contributed by atoms with van der Waals surface area (Å²) >= 11 is 12.1. The molecule has 11 heteroatoms. The summed E-state index contributed by atoms with van der Waals surface area (Å²) < 4.78 is 66.7. The normalized spacial score (nSPS) is 16.9. The van der Waals surface area contributed by atoms with Crippen LogP contribution in [-0.4, -0.2) is 47.3 Å². The first-order valence-corrected chi connectivity index (χ1v) is 15.8. The maximum atomic E-state index is 13.6. The molecule has 2 aromatic carbocycles. The van der Waals surface area contributed by atoms with E-state index in [0.29, 0.717) is 5.02 Å². The molecule has 0 unspecified atom stereocenters. The van der Waals surface area contributed by atoms with Gasteiger partial charge in [0.25, 0.3) is 0 Å². The molecule has 0 aromatic heterocycles. The van der Waals surface area contributed by atoms with Gasteiger partial charge in [0.2, 0.25) is 10.0 Å². The van der Waals surface area contributed by atoms with E-state index in [0.717, 1.165) is 12.1 Å². The Hall–Kier alpha value is -1.23. The van der Waals surface area contributed by atoms with Crippen LogP contribution in [0, 0.1) is 17.0 Å². The summed E-state index contributed by atoms with van der Waals surface area (Å²) in [6.07, 6.45) is 0. The zero-order valence-electron chi connectivity index (χ0n) is 19.8. The Kier molecular flexibility index (Phi) is 7.78. The van der Waals surface area contributed by atoms with Crippen molar-refractivity contribution in [2.75, 3.05) is 26.3 Å². The standard InChI is InChI=1S/C23H29Cl2F2NO4SSi/c1-22(2,3)34(4,5)32-15-23(14-31-17-7-8-19(26)20(27)11-17)12-28(13-23)33(29,30)21-9-6-16(24)10-18(21)25/h6-11H,12-15H2,1-5H3. The fourth-order valence-electron chi connectivity index (χ4n) is 3.27. The molecule has 188 valence electrons. The first-order chi connectivity index (χ1) is 15.6. The Morgan fingerprint density at radius 2 is 1.68 bits per heavy atom. The van der Waals surface area contributed by atoms with Crippen LogP contribution in [0.25, 0.3) is 0 Å². The van der Waals surface area contributed by atoms with Gasteiger partial charge in [-0.3, -0.25) is 0 Å². The zero-order chi connectivity index (χ0) is 25.5. The Labute approximate surface area is 211 Å². The summed E-state index contributed by atoms with van der Waals surface area (Å²) in [6.45, 7) is 11.2. The average Bonchev–Trinajstić information content (AvgIpc) is 2.68. The minimum atomic E-state index is -3.86. The van der Waals surface area contributed by atoms with Crippen LogP contribution in [0.15, 0.2) is 41.3 Å².